The summed E-state index contributed by atoms with van der Waals surface area (Å²) < 4.78 is 5.05. The van der Waals surface area contributed by atoms with Crippen LogP contribution < -0.4 is 15.4 Å². The summed E-state index contributed by atoms with van der Waals surface area (Å²) in [4.78, 5) is 22.9. The normalized spacial score (nSPS) is 11.6. The Labute approximate surface area is 122 Å². The van der Waals surface area contributed by atoms with E-state index in [1.807, 2.05) is 0 Å². The van der Waals surface area contributed by atoms with Gasteiger partial charge in [0.1, 0.15) is 11.8 Å². The highest BCUT2D eigenvalue weighted by Crippen LogP contribution is 2.27. The van der Waals surface area contributed by atoms with Gasteiger partial charge in [-0.15, -0.1) is 0 Å². The Bertz CT molecular complexity index is 482. The lowest BCUT2D eigenvalue weighted by Gasteiger charge is -2.15. The Morgan fingerprint density at radius 1 is 1.47 bits per heavy atom. The van der Waals surface area contributed by atoms with E-state index in [9.17, 15) is 9.59 Å². The Morgan fingerprint density at radius 2 is 2.16 bits per heavy atom. The Morgan fingerprint density at radius 3 is 2.68 bits per heavy atom. The van der Waals surface area contributed by atoms with E-state index in [1.165, 1.54) is 14.0 Å². The van der Waals surface area contributed by atoms with Crippen molar-refractivity contribution in [2.75, 3.05) is 18.2 Å². The molecule has 0 aromatic heterocycles. The van der Waals surface area contributed by atoms with Crippen molar-refractivity contribution < 1.29 is 14.3 Å². The molecule has 0 radical (unpaired) electrons. The molecular weight excluding hydrogens is 288 g/mol. The van der Waals surface area contributed by atoms with Crippen LogP contribution in [-0.2, 0) is 9.59 Å². The summed E-state index contributed by atoms with van der Waals surface area (Å²) in [5.74, 6) is 0.0229. The molecule has 0 heterocycles. The maximum absolute atomic E-state index is 11.9. The van der Waals surface area contributed by atoms with Gasteiger partial charge < -0.3 is 15.4 Å². The Balaban J connectivity index is 2.78. The number of anilines is 1. The van der Waals surface area contributed by atoms with Crippen LogP contribution in [0.3, 0.4) is 0 Å². The molecule has 19 heavy (non-hydrogen) atoms. The highest BCUT2D eigenvalue weighted by atomic mass is 35.5. The Kier molecular flexibility index (Phi) is 5.98. The second-order valence-electron chi connectivity index (χ2n) is 3.77. The lowest BCUT2D eigenvalue weighted by atomic mass is 10.2. The number of thiol groups is 1. The zero-order chi connectivity index (χ0) is 14.4. The standard InChI is InChI=1S/C12H15ClN2O3S/c1-7(16)14-10(6-19)12(17)15-8-3-4-9(13)11(5-8)18-2/h3-5,10,19H,6H2,1-2H3,(H,14,16)(H,15,17). The van der Waals surface area contributed by atoms with E-state index in [-0.39, 0.29) is 17.6 Å². The van der Waals surface area contributed by atoms with E-state index in [0.717, 1.165) is 0 Å². The number of nitrogens with one attached hydrogen (secondary N) is 2. The largest absolute Gasteiger partial charge is 0.495 e. The summed E-state index contributed by atoms with van der Waals surface area (Å²) >= 11 is 9.91. The van der Waals surface area contributed by atoms with Gasteiger partial charge in [0, 0.05) is 24.4 Å². The van der Waals surface area contributed by atoms with Crippen molar-refractivity contribution in [3.05, 3.63) is 23.2 Å². The van der Waals surface area contributed by atoms with E-state index < -0.39 is 6.04 Å². The first-order chi connectivity index (χ1) is 8.97. The fourth-order valence-electron chi connectivity index (χ4n) is 1.41. The van der Waals surface area contributed by atoms with Crippen LogP contribution in [-0.4, -0.2) is 30.7 Å². The zero-order valence-electron chi connectivity index (χ0n) is 10.6. The van der Waals surface area contributed by atoms with Gasteiger partial charge in [0.2, 0.25) is 11.8 Å². The van der Waals surface area contributed by atoms with Crippen molar-refractivity contribution in [2.45, 2.75) is 13.0 Å². The molecule has 1 rings (SSSR count). The Hall–Kier alpha value is -1.40. The SMILES string of the molecule is COc1cc(NC(=O)C(CS)NC(C)=O)ccc1Cl. The summed E-state index contributed by atoms with van der Waals surface area (Å²) in [5.41, 5.74) is 0.531. The van der Waals surface area contributed by atoms with Gasteiger partial charge in [-0.25, -0.2) is 0 Å². The summed E-state index contributed by atoms with van der Waals surface area (Å²) in [6.07, 6.45) is 0. The molecule has 7 heteroatoms. The van der Waals surface area contributed by atoms with Crippen molar-refractivity contribution >= 4 is 41.7 Å². The first-order valence-electron chi connectivity index (χ1n) is 5.50. The molecule has 2 amide bonds. The fourth-order valence-corrected chi connectivity index (χ4v) is 1.86. The van der Waals surface area contributed by atoms with Gasteiger partial charge in [-0.3, -0.25) is 9.59 Å². The third-order valence-corrected chi connectivity index (χ3v) is 2.97. The molecule has 0 saturated carbocycles. The molecular formula is C12H15ClN2O3S. The molecule has 0 spiro atoms. The zero-order valence-corrected chi connectivity index (χ0v) is 12.2. The minimum atomic E-state index is -0.692. The van der Waals surface area contributed by atoms with Gasteiger partial charge in [0.15, 0.2) is 0 Å². The molecule has 0 fully saturated rings. The van der Waals surface area contributed by atoms with Gasteiger partial charge in [-0.05, 0) is 12.1 Å². The molecule has 1 unspecified atom stereocenters. The van der Waals surface area contributed by atoms with Crippen LogP contribution in [0.1, 0.15) is 6.92 Å². The number of hydrogen-bond donors (Lipinski definition) is 3. The van der Waals surface area contributed by atoms with Gasteiger partial charge in [0.05, 0.1) is 12.1 Å². The number of carbonyl (C=O) groups is 2. The second kappa shape index (κ2) is 7.25. The molecule has 1 aromatic carbocycles. The van der Waals surface area contributed by atoms with Crippen LogP contribution >= 0.6 is 24.2 Å². The lowest BCUT2D eigenvalue weighted by molar-refractivity contribution is -0.124. The highest BCUT2D eigenvalue weighted by Gasteiger charge is 2.18. The van der Waals surface area contributed by atoms with Gasteiger partial charge in [0.25, 0.3) is 0 Å². The van der Waals surface area contributed by atoms with Gasteiger partial charge in [-0.2, -0.15) is 12.6 Å². The summed E-state index contributed by atoms with van der Waals surface area (Å²) in [6, 6.07) is 4.17. The molecule has 1 atom stereocenters. The molecule has 104 valence electrons. The summed E-state index contributed by atoms with van der Waals surface area (Å²) in [5, 5.41) is 5.62. The number of hydrogen-bond acceptors (Lipinski definition) is 4. The van der Waals surface area contributed by atoms with Crippen LogP contribution in [0.4, 0.5) is 5.69 Å². The smallest absolute Gasteiger partial charge is 0.247 e. The van der Waals surface area contributed by atoms with Crippen LogP contribution in [0, 0.1) is 0 Å². The summed E-state index contributed by atoms with van der Waals surface area (Å²) in [7, 11) is 1.49. The number of benzene rings is 1. The first-order valence-corrected chi connectivity index (χ1v) is 6.51. The lowest BCUT2D eigenvalue weighted by Crippen LogP contribution is -2.44. The van der Waals surface area contributed by atoms with E-state index in [0.29, 0.717) is 16.5 Å². The van der Waals surface area contributed by atoms with Crippen molar-refractivity contribution in [2.24, 2.45) is 0 Å². The molecule has 1 aromatic rings. The van der Waals surface area contributed by atoms with Crippen LogP contribution in [0.5, 0.6) is 5.75 Å². The summed E-state index contributed by atoms with van der Waals surface area (Å²) in [6.45, 7) is 1.34. The predicted molar refractivity (Wildman–Crippen MR) is 78.1 cm³/mol. The topological polar surface area (TPSA) is 67.4 Å². The van der Waals surface area contributed by atoms with Gasteiger partial charge in [-0.1, -0.05) is 11.6 Å². The molecule has 2 N–H and O–H groups in total. The monoisotopic (exact) mass is 302 g/mol. The number of halogens is 1. The molecule has 0 aliphatic heterocycles. The molecule has 5 nitrogen and oxygen atoms in total. The third kappa shape index (κ3) is 4.65. The molecule has 0 bridgehead atoms. The van der Waals surface area contributed by atoms with Gasteiger partial charge >= 0.3 is 0 Å². The first kappa shape index (κ1) is 15.7. The van der Waals surface area contributed by atoms with Crippen molar-refractivity contribution in [3.8, 4) is 5.75 Å². The highest BCUT2D eigenvalue weighted by molar-refractivity contribution is 7.80. The quantitative estimate of drug-likeness (QED) is 0.726. The number of amides is 2. The number of carbonyl (C=O) groups excluding carboxylic acids is 2. The van der Waals surface area contributed by atoms with Crippen molar-refractivity contribution in [3.63, 3.8) is 0 Å². The minimum absolute atomic E-state index is 0.205. The predicted octanol–water partition coefficient (Wildman–Crippen LogP) is 1.72. The van der Waals surface area contributed by atoms with Crippen LogP contribution in [0.15, 0.2) is 18.2 Å². The number of methoxy groups -OCH3 is 1. The van der Waals surface area contributed by atoms with Crippen molar-refractivity contribution in [1.29, 1.82) is 0 Å². The van der Waals surface area contributed by atoms with E-state index in [4.69, 9.17) is 16.3 Å². The molecule has 0 saturated heterocycles. The fraction of sp³-hybridized carbons (Fsp3) is 0.333. The maximum atomic E-state index is 11.9. The molecule has 0 aliphatic carbocycles. The van der Waals surface area contributed by atoms with Crippen LogP contribution in [0.25, 0.3) is 0 Å². The maximum Gasteiger partial charge on any atom is 0.247 e. The average molecular weight is 303 g/mol. The number of rotatable bonds is 5. The second-order valence-corrected chi connectivity index (χ2v) is 4.55. The minimum Gasteiger partial charge on any atom is -0.495 e. The third-order valence-electron chi connectivity index (χ3n) is 2.30. The van der Waals surface area contributed by atoms with E-state index >= 15 is 0 Å². The van der Waals surface area contributed by atoms with Crippen molar-refractivity contribution in [1.82, 2.24) is 5.32 Å². The number of ether oxygens (including phenoxy) is 1. The van der Waals surface area contributed by atoms with E-state index in [1.54, 1.807) is 18.2 Å². The average Bonchev–Trinajstić information content (AvgIpc) is 2.37. The molecule has 0 aliphatic rings. The van der Waals surface area contributed by atoms with E-state index in [2.05, 4.69) is 23.3 Å². The van der Waals surface area contributed by atoms with Crippen LogP contribution in [0.2, 0.25) is 5.02 Å².